The lowest BCUT2D eigenvalue weighted by atomic mass is 9.99. The first kappa shape index (κ1) is 14.5. The minimum atomic E-state index is -0.177. The Hall–Kier alpha value is -1.43. The third-order valence-corrected chi connectivity index (χ3v) is 5.46. The first-order valence-electron chi connectivity index (χ1n) is 7.52. The third kappa shape index (κ3) is 2.81. The molecule has 114 valence electrons. The van der Waals surface area contributed by atoms with E-state index in [0.717, 1.165) is 36.5 Å². The van der Waals surface area contributed by atoms with Crippen LogP contribution in [0.1, 0.15) is 42.4 Å². The summed E-state index contributed by atoms with van der Waals surface area (Å²) < 4.78 is 0. The molecule has 2 atom stereocenters. The molecular formula is C15H21N3O2S. The zero-order valence-corrected chi connectivity index (χ0v) is 13.4. The second-order valence-electron chi connectivity index (χ2n) is 6.05. The maximum Gasteiger partial charge on any atom is 0.228 e. The number of piperidine rings is 1. The highest BCUT2D eigenvalue weighted by Crippen LogP contribution is 2.34. The van der Waals surface area contributed by atoms with Gasteiger partial charge in [0.2, 0.25) is 11.8 Å². The van der Waals surface area contributed by atoms with Gasteiger partial charge in [0.1, 0.15) is 5.01 Å². The first-order chi connectivity index (χ1) is 10.1. The summed E-state index contributed by atoms with van der Waals surface area (Å²) in [5.41, 5.74) is 1.02. The summed E-state index contributed by atoms with van der Waals surface area (Å²) in [4.78, 5) is 32.7. The Morgan fingerprint density at radius 1 is 1.43 bits per heavy atom. The van der Waals surface area contributed by atoms with Gasteiger partial charge in [-0.05, 0) is 26.2 Å². The van der Waals surface area contributed by atoms with Crippen molar-refractivity contribution >= 4 is 23.2 Å². The smallest absolute Gasteiger partial charge is 0.228 e. The highest BCUT2D eigenvalue weighted by molar-refractivity contribution is 7.09. The van der Waals surface area contributed by atoms with E-state index < -0.39 is 0 Å². The van der Waals surface area contributed by atoms with E-state index in [1.807, 2.05) is 17.2 Å². The molecule has 0 unspecified atom stereocenters. The summed E-state index contributed by atoms with van der Waals surface area (Å²) in [7, 11) is 1.77. The molecular weight excluding hydrogens is 286 g/mol. The number of aromatic nitrogens is 1. The number of aryl methyl sites for hydroxylation is 1. The Morgan fingerprint density at radius 2 is 2.24 bits per heavy atom. The third-order valence-electron chi connectivity index (χ3n) is 4.40. The van der Waals surface area contributed by atoms with E-state index in [4.69, 9.17) is 0 Å². The van der Waals surface area contributed by atoms with Crippen LogP contribution in [0, 0.1) is 12.8 Å². The Morgan fingerprint density at radius 3 is 2.86 bits per heavy atom. The number of hydrogen-bond acceptors (Lipinski definition) is 4. The van der Waals surface area contributed by atoms with Crippen molar-refractivity contribution in [1.29, 1.82) is 0 Å². The summed E-state index contributed by atoms with van der Waals surface area (Å²) in [6.07, 6.45) is 3.52. The summed E-state index contributed by atoms with van der Waals surface area (Å²) in [5.74, 6) is 0.0291. The van der Waals surface area contributed by atoms with Crippen molar-refractivity contribution in [1.82, 2.24) is 14.8 Å². The summed E-state index contributed by atoms with van der Waals surface area (Å²) in [5, 5.41) is 3.08. The van der Waals surface area contributed by atoms with Gasteiger partial charge in [-0.2, -0.15) is 0 Å². The van der Waals surface area contributed by atoms with Gasteiger partial charge in [0.25, 0.3) is 0 Å². The van der Waals surface area contributed by atoms with Crippen molar-refractivity contribution in [2.45, 2.75) is 38.6 Å². The van der Waals surface area contributed by atoms with Gasteiger partial charge >= 0.3 is 0 Å². The van der Waals surface area contributed by atoms with E-state index >= 15 is 0 Å². The van der Waals surface area contributed by atoms with Gasteiger partial charge in [-0.1, -0.05) is 0 Å². The van der Waals surface area contributed by atoms with Crippen LogP contribution in [0.3, 0.4) is 0 Å². The number of carbonyl (C=O) groups is 2. The van der Waals surface area contributed by atoms with Gasteiger partial charge in [0.15, 0.2) is 0 Å². The molecule has 6 heteroatoms. The van der Waals surface area contributed by atoms with Crippen molar-refractivity contribution < 1.29 is 9.59 Å². The first-order valence-corrected chi connectivity index (χ1v) is 8.40. The molecule has 3 heterocycles. The lowest BCUT2D eigenvalue weighted by Gasteiger charge is -2.36. The summed E-state index contributed by atoms with van der Waals surface area (Å²) in [6.45, 7) is 3.33. The van der Waals surface area contributed by atoms with Gasteiger partial charge < -0.3 is 9.80 Å². The lowest BCUT2D eigenvalue weighted by Crippen LogP contribution is -2.42. The van der Waals surface area contributed by atoms with Crippen molar-refractivity contribution in [3.05, 3.63) is 16.1 Å². The number of carbonyl (C=O) groups excluding carboxylic acids is 2. The molecule has 2 amide bonds. The molecule has 0 N–H and O–H groups in total. The van der Waals surface area contributed by atoms with Gasteiger partial charge in [-0.25, -0.2) is 4.98 Å². The predicted molar refractivity (Wildman–Crippen MR) is 80.9 cm³/mol. The number of hydrogen-bond donors (Lipinski definition) is 0. The van der Waals surface area contributed by atoms with E-state index in [1.54, 1.807) is 23.3 Å². The lowest BCUT2D eigenvalue weighted by molar-refractivity contribution is -0.139. The van der Waals surface area contributed by atoms with Crippen molar-refractivity contribution in [3.63, 3.8) is 0 Å². The Kier molecular flexibility index (Phi) is 3.97. The van der Waals surface area contributed by atoms with Crippen LogP contribution in [0.2, 0.25) is 0 Å². The number of rotatable bonds is 2. The highest BCUT2D eigenvalue weighted by Gasteiger charge is 2.38. The fourth-order valence-electron chi connectivity index (χ4n) is 3.24. The fraction of sp³-hybridized carbons (Fsp3) is 0.667. The molecule has 2 aliphatic rings. The van der Waals surface area contributed by atoms with Gasteiger partial charge in [0, 0.05) is 37.6 Å². The van der Waals surface area contributed by atoms with Gasteiger partial charge in [-0.3, -0.25) is 9.59 Å². The van der Waals surface area contributed by atoms with E-state index in [1.165, 1.54) is 0 Å². The Labute approximate surface area is 129 Å². The molecule has 5 nitrogen and oxygen atoms in total. The quantitative estimate of drug-likeness (QED) is 0.839. The minimum Gasteiger partial charge on any atom is -0.345 e. The van der Waals surface area contributed by atoms with Crippen LogP contribution >= 0.6 is 11.3 Å². The average Bonchev–Trinajstić information content (AvgIpc) is 3.05. The second kappa shape index (κ2) is 5.75. The molecule has 2 saturated heterocycles. The van der Waals surface area contributed by atoms with Gasteiger partial charge in [-0.15, -0.1) is 11.3 Å². The molecule has 2 aliphatic heterocycles. The summed E-state index contributed by atoms with van der Waals surface area (Å²) >= 11 is 1.64. The van der Waals surface area contributed by atoms with E-state index in [-0.39, 0.29) is 23.8 Å². The normalized spacial score (nSPS) is 26.5. The van der Waals surface area contributed by atoms with Crippen LogP contribution in [0.5, 0.6) is 0 Å². The molecule has 3 rings (SSSR count). The summed E-state index contributed by atoms with van der Waals surface area (Å²) in [6, 6.07) is 0.103. The van der Waals surface area contributed by atoms with Crippen LogP contribution in [0.4, 0.5) is 0 Å². The van der Waals surface area contributed by atoms with E-state index in [9.17, 15) is 9.59 Å². The van der Waals surface area contributed by atoms with Crippen LogP contribution in [0.15, 0.2) is 5.38 Å². The fourth-order valence-corrected chi connectivity index (χ4v) is 4.18. The van der Waals surface area contributed by atoms with Crippen LogP contribution in [-0.4, -0.2) is 46.7 Å². The molecule has 1 aromatic rings. The topological polar surface area (TPSA) is 53.5 Å². The molecule has 0 saturated carbocycles. The molecule has 0 bridgehead atoms. The van der Waals surface area contributed by atoms with Crippen LogP contribution < -0.4 is 0 Å². The molecule has 0 radical (unpaired) electrons. The highest BCUT2D eigenvalue weighted by atomic mass is 32.1. The number of likely N-dealkylation sites (tertiary alicyclic amines) is 2. The second-order valence-corrected chi connectivity index (χ2v) is 6.94. The van der Waals surface area contributed by atoms with E-state index in [2.05, 4.69) is 4.98 Å². The molecule has 21 heavy (non-hydrogen) atoms. The van der Waals surface area contributed by atoms with Crippen molar-refractivity contribution in [3.8, 4) is 0 Å². The minimum absolute atomic E-state index is 0.0759. The molecule has 2 fully saturated rings. The SMILES string of the molecule is Cc1csc([C@H]2CCCCN2C(=O)[C@H]2CC(=O)N(C)C2)n1. The van der Waals surface area contributed by atoms with Gasteiger partial charge in [0.05, 0.1) is 12.0 Å². The van der Waals surface area contributed by atoms with E-state index in [0.29, 0.717) is 13.0 Å². The van der Waals surface area contributed by atoms with Crippen LogP contribution in [0.25, 0.3) is 0 Å². The molecule has 0 aromatic carbocycles. The van der Waals surface area contributed by atoms with Crippen molar-refractivity contribution in [2.24, 2.45) is 5.92 Å². The number of thiazole rings is 1. The van der Waals surface area contributed by atoms with Crippen molar-refractivity contribution in [2.75, 3.05) is 20.1 Å². The number of amides is 2. The molecule has 0 aliphatic carbocycles. The Balaban J connectivity index is 1.78. The maximum atomic E-state index is 12.8. The van der Waals surface area contributed by atoms with Crippen LogP contribution in [-0.2, 0) is 9.59 Å². The average molecular weight is 307 g/mol. The Bertz CT molecular complexity index is 557. The zero-order valence-electron chi connectivity index (χ0n) is 12.5. The predicted octanol–water partition coefficient (Wildman–Crippen LogP) is 1.98. The number of nitrogens with zero attached hydrogens (tertiary/aromatic N) is 3. The molecule has 0 spiro atoms. The zero-order chi connectivity index (χ0) is 15.0. The monoisotopic (exact) mass is 307 g/mol. The maximum absolute atomic E-state index is 12.8. The standard InChI is InChI=1S/C15H21N3O2S/c1-10-9-21-14(16-10)12-5-3-4-6-18(12)15(20)11-7-13(19)17(2)8-11/h9,11-12H,3-8H2,1-2H3/t11-,12+/m0/s1. The molecule has 1 aromatic heterocycles. The largest absolute Gasteiger partial charge is 0.345 e.